The smallest absolute Gasteiger partial charge is 0.118 e. The summed E-state index contributed by atoms with van der Waals surface area (Å²) in [6.07, 6.45) is 9.99. The Labute approximate surface area is 83.3 Å². The predicted molar refractivity (Wildman–Crippen MR) is 53.6 cm³/mol. The minimum absolute atomic E-state index is 0. The fourth-order valence-electron chi connectivity index (χ4n) is 1.10. The molecule has 0 spiro atoms. The minimum atomic E-state index is 0. The van der Waals surface area contributed by atoms with Gasteiger partial charge in [-0.15, -0.1) is 5.28 Å². The minimum Gasteiger partial charge on any atom is -0.269 e. The van der Waals surface area contributed by atoms with E-state index < -0.39 is 0 Å². The number of halogens is 2. The zero-order valence-electron chi connectivity index (χ0n) is 8.05. The molecular formula is C9H21AlF2. The Morgan fingerprint density at radius 2 is 1.17 bits per heavy atom. The molecule has 0 aliphatic rings. The molecule has 0 atom stereocenters. The molecule has 0 fully saturated rings. The fourth-order valence-corrected chi connectivity index (χ4v) is 1.39. The molecule has 0 aromatic carbocycles. The first kappa shape index (κ1) is 18.2. The van der Waals surface area contributed by atoms with Gasteiger partial charge in [0.2, 0.25) is 0 Å². The SMILES string of the molecule is CCCCCCCC[CH2][Al].F.F. The molecule has 0 heterocycles. The second kappa shape index (κ2) is 17.5. The summed E-state index contributed by atoms with van der Waals surface area (Å²) in [5.41, 5.74) is 0. The normalized spacial score (nSPS) is 8.42. The molecule has 12 heavy (non-hydrogen) atoms. The maximum atomic E-state index is 2.79. The highest BCUT2D eigenvalue weighted by molar-refractivity contribution is 6.08. The van der Waals surface area contributed by atoms with Crippen molar-refractivity contribution in [1.29, 1.82) is 0 Å². The van der Waals surface area contributed by atoms with Crippen LogP contribution >= 0.6 is 0 Å². The van der Waals surface area contributed by atoms with Crippen molar-refractivity contribution in [2.45, 2.75) is 57.2 Å². The Bertz CT molecular complexity index is 52.5. The van der Waals surface area contributed by atoms with Gasteiger partial charge in [-0.3, -0.25) is 9.41 Å². The molecule has 0 aliphatic heterocycles. The van der Waals surface area contributed by atoms with E-state index in [1.54, 1.807) is 0 Å². The van der Waals surface area contributed by atoms with E-state index in [0.29, 0.717) is 0 Å². The van der Waals surface area contributed by atoms with Crippen molar-refractivity contribution in [2.24, 2.45) is 0 Å². The lowest BCUT2D eigenvalue weighted by molar-refractivity contribution is 0.602. The highest BCUT2D eigenvalue weighted by atomic mass is 27.0. The van der Waals surface area contributed by atoms with Crippen LogP contribution in [0.5, 0.6) is 0 Å². The first-order chi connectivity index (χ1) is 4.91. The van der Waals surface area contributed by atoms with Gasteiger partial charge in [0.1, 0.15) is 16.3 Å². The van der Waals surface area contributed by atoms with Crippen molar-refractivity contribution in [3.63, 3.8) is 0 Å². The summed E-state index contributed by atoms with van der Waals surface area (Å²) < 4.78 is 0. The number of hydrogen-bond acceptors (Lipinski definition) is 0. The Kier molecular flexibility index (Phi) is 26.5. The fraction of sp³-hybridized carbons (Fsp3) is 1.00. The average Bonchev–Trinajstić information content (AvgIpc) is 1.97. The number of unbranched alkanes of at least 4 members (excludes halogenated alkanes) is 6. The summed E-state index contributed by atoms with van der Waals surface area (Å²) in [6.45, 7) is 2.27. The Morgan fingerprint density at radius 3 is 1.58 bits per heavy atom. The zero-order chi connectivity index (χ0) is 7.66. The molecule has 74 valence electrons. The third-order valence-electron chi connectivity index (χ3n) is 1.81. The molecule has 0 unspecified atom stereocenters. The standard InChI is InChI=1S/C9H19.Al.2FH/c1-3-5-7-9-8-6-4-2;;;/h1,3-9H2,2H3;;2*1H. The molecule has 0 aromatic heterocycles. The average molecular weight is 194 g/mol. The molecule has 0 saturated heterocycles. The molecule has 0 aromatic rings. The van der Waals surface area contributed by atoms with Crippen LogP contribution in [0.15, 0.2) is 0 Å². The summed E-state index contributed by atoms with van der Waals surface area (Å²) in [7, 11) is 0. The van der Waals surface area contributed by atoms with E-state index in [0.717, 1.165) is 0 Å². The highest BCUT2D eigenvalue weighted by Gasteiger charge is 1.87. The van der Waals surface area contributed by atoms with Gasteiger partial charge < -0.3 is 0 Å². The van der Waals surface area contributed by atoms with E-state index >= 15 is 0 Å². The lowest BCUT2D eigenvalue weighted by Gasteiger charge is -1.97. The van der Waals surface area contributed by atoms with E-state index in [9.17, 15) is 0 Å². The second-order valence-corrected chi connectivity index (χ2v) is 3.49. The van der Waals surface area contributed by atoms with E-state index in [2.05, 4.69) is 23.2 Å². The summed E-state index contributed by atoms with van der Waals surface area (Å²) in [5.74, 6) is 0. The van der Waals surface area contributed by atoms with Gasteiger partial charge in [-0.25, -0.2) is 0 Å². The van der Waals surface area contributed by atoms with Gasteiger partial charge >= 0.3 is 0 Å². The molecular weight excluding hydrogens is 173 g/mol. The van der Waals surface area contributed by atoms with Gasteiger partial charge in [0.25, 0.3) is 0 Å². The molecule has 0 bridgehead atoms. The largest absolute Gasteiger partial charge is 0.269 e. The molecule has 0 rings (SSSR count). The first-order valence-electron chi connectivity index (χ1n) is 4.62. The van der Waals surface area contributed by atoms with Crippen molar-refractivity contribution in [3.8, 4) is 0 Å². The second-order valence-electron chi connectivity index (χ2n) is 2.91. The summed E-state index contributed by atoms with van der Waals surface area (Å²) in [6, 6.07) is 0. The van der Waals surface area contributed by atoms with E-state index in [-0.39, 0.29) is 9.41 Å². The van der Waals surface area contributed by atoms with Crippen molar-refractivity contribution in [3.05, 3.63) is 0 Å². The van der Waals surface area contributed by atoms with Crippen molar-refractivity contribution >= 4 is 16.3 Å². The molecule has 0 saturated carbocycles. The first-order valence-corrected chi connectivity index (χ1v) is 5.43. The molecule has 3 heteroatoms. The van der Waals surface area contributed by atoms with Gasteiger partial charge in [0, 0.05) is 0 Å². The summed E-state index contributed by atoms with van der Waals surface area (Å²) >= 11 is 2.79. The van der Waals surface area contributed by atoms with Gasteiger partial charge in [-0.05, 0) is 0 Å². The Morgan fingerprint density at radius 1 is 0.750 bits per heavy atom. The molecule has 0 amide bonds. The monoisotopic (exact) mass is 194 g/mol. The quantitative estimate of drug-likeness (QED) is 0.429. The van der Waals surface area contributed by atoms with Crippen LogP contribution in [0.4, 0.5) is 9.41 Å². The predicted octanol–water partition coefficient (Wildman–Crippen LogP) is 3.63. The zero-order valence-corrected chi connectivity index (χ0v) is 9.21. The molecule has 0 N–H and O–H groups in total. The van der Waals surface area contributed by atoms with Crippen LogP contribution in [0.1, 0.15) is 51.9 Å². The van der Waals surface area contributed by atoms with E-state index in [1.807, 2.05) is 0 Å². The maximum Gasteiger partial charge on any atom is 0.118 e. The van der Waals surface area contributed by atoms with Crippen molar-refractivity contribution < 1.29 is 9.41 Å². The highest BCUT2D eigenvalue weighted by Crippen LogP contribution is 2.07. The van der Waals surface area contributed by atoms with Crippen molar-refractivity contribution in [2.75, 3.05) is 0 Å². The van der Waals surface area contributed by atoms with Crippen molar-refractivity contribution in [1.82, 2.24) is 0 Å². The third kappa shape index (κ3) is 16.8. The van der Waals surface area contributed by atoms with Gasteiger partial charge in [-0.2, -0.15) is 0 Å². The molecule has 0 nitrogen and oxygen atoms in total. The van der Waals surface area contributed by atoms with E-state index in [1.165, 1.54) is 50.2 Å². The lowest BCUT2D eigenvalue weighted by atomic mass is 10.1. The number of hydrogen-bond donors (Lipinski definition) is 0. The Hall–Kier alpha value is 0.392. The third-order valence-corrected chi connectivity index (χ3v) is 2.22. The number of rotatable bonds is 7. The lowest BCUT2D eigenvalue weighted by Crippen LogP contribution is -1.78. The molecule has 0 aliphatic carbocycles. The van der Waals surface area contributed by atoms with Crippen LogP contribution < -0.4 is 0 Å². The van der Waals surface area contributed by atoms with Gasteiger partial charge in [0.15, 0.2) is 0 Å². The van der Waals surface area contributed by atoms with Crippen LogP contribution in [-0.4, -0.2) is 16.3 Å². The van der Waals surface area contributed by atoms with Crippen LogP contribution in [-0.2, 0) is 0 Å². The van der Waals surface area contributed by atoms with Crippen LogP contribution in [0.2, 0.25) is 5.28 Å². The van der Waals surface area contributed by atoms with Gasteiger partial charge in [-0.1, -0.05) is 51.9 Å². The van der Waals surface area contributed by atoms with Crippen LogP contribution in [0, 0.1) is 0 Å². The summed E-state index contributed by atoms with van der Waals surface area (Å²) in [4.78, 5) is 0. The molecule has 2 radical (unpaired) electrons. The topological polar surface area (TPSA) is 0 Å². The van der Waals surface area contributed by atoms with Gasteiger partial charge in [0.05, 0.1) is 0 Å². The maximum absolute atomic E-state index is 2.79. The Balaban J connectivity index is -0.000000405. The van der Waals surface area contributed by atoms with E-state index in [4.69, 9.17) is 0 Å². The van der Waals surface area contributed by atoms with Crippen LogP contribution in [0.25, 0.3) is 0 Å². The summed E-state index contributed by atoms with van der Waals surface area (Å²) in [5, 5.41) is 1.29. The van der Waals surface area contributed by atoms with Crippen LogP contribution in [0.3, 0.4) is 0 Å².